The van der Waals surface area contributed by atoms with Gasteiger partial charge in [-0.2, -0.15) is 0 Å². The van der Waals surface area contributed by atoms with E-state index in [1.807, 2.05) is 18.2 Å². The second-order valence-corrected chi connectivity index (χ2v) is 10.6. The minimum atomic E-state index is -0.819. The number of hydrogen-bond acceptors (Lipinski definition) is 9. The zero-order valence-corrected chi connectivity index (χ0v) is 23.4. The molecule has 0 aliphatic carbocycles. The fourth-order valence-corrected chi connectivity index (χ4v) is 6.35. The molecule has 1 atom stereocenters. The number of methoxy groups -OCH3 is 1. The quantitative estimate of drug-likeness (QED) is 0.245. The molecule has 40 heavy (non-hydrogen) atoms. The van der Waals surface area contributed by atoms with Crippen molar-refractivity contribution in [3.8, 4) is 5.75 Å². The van der Waals surface area contributed by atoms with Crippen molar-refractivity contribution in [2.45, 2.75) is 39.2 Å². The third kappa shape index (κ3) is 5.04. The molecule has 11 heteroatoms. The molecule has 1 aromatic heterocycles. The number of piperidine rings is 1. The van der Waals surface area contributed by atoms with Crippen molar-refractivity contribution in [3.63, 3.8) is 0 Å². The molecule has 2 aromatic carbocycles. The molecule has 0 N–H and O–H groups in total. The number of nitro benzene ring substituents is 1. The normalized spacial score (nSPS) is 17.3. The van der Waals surface area contributed by atoms with Gasteiger partial charge in [-0.3, -0.25) is 19.5 Å². The van der Waals surface area contributed by atoms with Gasteiger partial charge < -0.3 is 14.4 Å². The molecule has 5 rings (SSSR count). The minimum absolute atomic E-state index is 0.0490. The molecule has 0 unspecified atom stereocenters. The van der Waals surface area contributed by atoms with Crippen LogP contribution in [0.25, 0.3) is 6.08 Å². The summed E-state index contributed by atoms with van der Waals surface area (Å²) in [5, 5.41) is 11.6. The predicted molar refractivity (Wildman–Crippen MR) is 153 cm³/mol. The van der Waals surface area contributed by atoms with Gasteiger partial charge in [-0.25, -0.2) is 9.79 Å². The maximum absolute atomic E-state index is 14.1. The third-order valence-corrected chi connectivity index (χ3v) is 8.14. The Morgan fingerprint density at radius 2 is 1.95 bits per heavy atom. The molecular weight excluding hydrogens is 532 g/mol. The van der Waals surface area contributed by atoms with Crippen LogP contribution >= 0.6 is 11.3 Å². The van der Waals surface area contributed by atoms with Crippen molar-refractivity contribution in [2.75, 3.05) is 31.7 Å². The number of nitro groups is 1. The lowest BCUT2D eigenvalue weighted by Gasteiger charge is -2.30. The van der Waals surface area contributed by atoms with Crippen LogP contribution < -0.4 is 24.5 Å². The molecule has 0 amide bonds. The van der Waals surface area contributed by atoms with E-state index in [2.05, 4.69) is 9.89 Å². The zero-order valence-electron chi connectivity index (χ0n) is 22.6. The molecule has 1 fully saturated rings. The van der Waals surface area contributed by atoms with Crippen LogP contribution in [0, 0.1) is 10.1 Å². The number of ether oxygens (including phenoxy) is 2. The van der Waals surface area contributed by atoms with Crippen LogP contribution in [0.5, 0.6) is 5.75 Å². The fourth-order valence-electron chi connectivity index (χ4n) is 5.31. The predicted octanol–water partition coefficient (Wildman–Crippen LogP) is 3.71. The number of para-hydroxylation sites is 1. The molecule has 10 nitrogen and oxygen atoms in total. The lowest BCUT2D eigenvalue weighted by Crippen LogP contribution is -2.40. The highest BCUT2D eigenvalue weighted by molar-refractivity contribution is 7.07. The van der Waals surface area contributed by atoms with E-state index in [1.165, 1.54) is 35.1 Å². The number of fused-ring (bicyclic) bond motifs is 1. The second kappa shape index (κ2) is 11.5. The van der Waals surface area contributed by atoms with E-state index >= 15 is 0 Å². The Hall–Kier alpha value is -4.25. The summed E-state index contributed by atoms with van der Waals surface area (Å²) >= 11 is 1.18. The van der Waals surface area contributed by atoms with E-state index in [4.69, 9.17) is 9.47 Å². The number of aromatic nitrogens is 1. The number of carbonyl (C=O) groups is 1. The smallest absolute Gasteiger partial charge is 0.338 e. The number of thiazole rings is 1. The van der Waals surface area contributed by atoms with E-state index < -0.39 is 16.9 Å². The maximum Gasteiger partial charge on any atom is 0.338 e. The second-order valence-electron chi connectivity index (χ2n) is 9.59. The SMILES string of the molecule is CCOC(=O)C1=C(C)N=c2sc(=Cc3cc([N+](=O)[O-])ccc3N3CCCCC3)c(=O)n2[C@H]1c1ccccc1OC. The van der Waals surface area contributed by atoms with Crippen LogP contribution in [-0.4, -0.2) is 42.3 Å². The Morgan fingerprint density at radius 3 is 2.65 bits per heavy atom. The van der Waals surface area contributed by atoms with Gasteiger partial charge in [-0.05, 0) is 51.3 Å². The van der Waals surface area contributed by atoms with Crippen LogP contribution in [0.3, 0.4) is 0 Å². The number of benzene rings is 2. The summed E-state index contributed by atoms with van der Waals surface area (Å²) in [4.78, 5) is 45.6. The van der Waals surface area contributed by atoms with Gasteiger partial charge in [-0.1, -0.05) is 29.5 Å². The summed E-state index contributed by atoms with van der Waals surface area (Å²) in [5.41, 5.74) is 2.37. The Labute approximate surface area is 234 Å². The van der Waals surface area contributed by atoms with E-state index in [0.717, 1.165) is 38.0 Å². The lowest BCUT2D eigenvalue weighted by atomic mass is 9.95. The molecule has 2 aliphatic rings. The molecule has 3 aromatic rings. The van der Waals surface area contributed by atoms with Gasteiger partial charge in [0.25, 0.3) is 11.2 Å². The molecule has 3 heterocycles. The number of carbonyl (C=O) groups excluding carboxylic acids is 1. The number of esters is 1. The van der Waals surface area contributed by atoms with E-state index in [-0.39, 0.29) is 23.4 Å². The van der Waals surface area contributed by atoms with E-state index in [0.29, 0.717) is 31.9 Å². The van der Waals surface area contributed by atoms with Gasteiger partial charge in [-0.15, -0.1) is 0 Å². The summed E-state index contributed by atoms with van der Waals surface area (Å²) in [6.07, 6.45) is 4.91. The van der Waals surface area contributed by atoms with Gasteiger partial charge in [0, 0.05) is 42.0 Å². The number of hydrogen-bond donors (Lipinski definition) is 0. The Kier molecular flexibility index (Phi) is 7.83. The summed E-state index contributed by atoms with van der Waals surface area (Å²) in [6, 6.07) is 11.2. The summed E-state index contributed by atoms with van der Waals surface area (Å²) < 4.78 is 12.8. The summed E-state index contributed by atoms with van der Waals surface area (Å²) in [6.45, 7) is 5.30. The fraction of sp³-hybridized carbons (Fsp3) is 0.345. The van der Waals surface area contributed by atoms with Gasteiger partial charge in [0.05, 0.1) is 34.4 Å². The van der Waals surface area contributed by atoms with E-state index in [1.54, 1.807) is 32.1 Å². The van der Waals surface area contributed by atoms with Crippen LogP contribution in [0.2, 0.25) is 0 Å². The molecule has 0 spiro atoms. The Morgan fingerprint density at radius 1 is 1.20 bits per heavy atom. The van der Waals surface area contributed by atoms with Gasteiger partial charge in [0.2, 0.25) is 0 Å². The number of anilines is 1. The largest absolute Gasteiger partial charge is 0.496 e. The van der Waals surface area contributed by atoms with Crippen LogP contribution in [0.1, 0.15) is 50.3 Å². The van der Waals surface area contributed by atoms with Crippen molar-refractivity contribution in [1.29, 1.82) is 0 Å². The van der Waals surface area contributed by atoms with Crippen molar-refractivity contribution >= 4 is 34.8 Å². The van der Waals surface area contributed by atoms with Crippen molar-refractivity contribution < 1.29 is 19.2 Å². The molecule has 208 valence electrons. The molecule has 1 saturated heterocycles. The van der Waals surface area contributed by atoms with Crippen LogP contribution in [-0.2, 0) is 9.53 Å². The lowest BCUT2D eigenvalue weighted by molar-refractivity contribution is -0.384. The standard InChI is InChI=1S/C29H30N4O6S/c1-4-39-28(35)25-18(2)30-29-32(26(25)21-10-6-7-11-23(21)38-3)27(34)24(40-29)17-19-16-20(33(36)37)12-13-22(19)31-14-8-5-9-15-31/h6-7,10-13,16-17,26H,4-5,8-9,14-15H2,1-3H3/t26-/m0/s1. The summed E-state index contributed by atoms with van der Waals surface area (Å²) in [5.74, 6) is -0.0374. The highest BCUT2D eigenvalue weighted by Gasteiger charge is 2.35. The Balaban J connectivity index is 1.74. The molecule has 2 aliphatic heterocycles. The average molecular weight is 563 g/mol. The van der Waals surface area contributed by atoms with Gasteiger partial charge in [0.15, 0.2) is 4.80 Å². The van der Waals surface area contributed by atoms with Crippen LogP contribution in [0.4, 0.5) is 11.4 Å². The first-order valence-electron chi connectivity index (χ1n) is 13.2. The van der Waals surface area contributed by atoms with Gasteiger partial charge >= 0.3 is 5.97 Å². The summed E-state index contributed by atoms with van der Waals surface area (Å²) in [7, 11) is 1.54. The third-order valence-electron chi connectivity index (χ3n) is 7.16. The van der Waals surface area contributed by atoms with Crippen molar-refractivity contribution in [3.05, 3.63) is 94.7 Å². The molecule has 0 saturated carbocycles. The Bertz CT molecular complexity index is 1680. The van der Waals surface area contributed by atoms with Crippen molar-refractivity contribution in [2.24, 2.45) is 4.99 Å². The highest BCUT2D eigenvalue weighted by atomic mass is 32.1. The topological polar surface area (TPSA) is 116 Å². The molecule has 0 radical (unpaired) electrons. The molecule has 0 bridgehead atoms. The van der Waals surface area contributed by atoms with Gasteiger partial charge in [0.1, 0.15) is 11.8 Å². The van der Waals surface area contributed by atoms with E-state index in [9.17, 15) is 19.7 Å². The van der Waals surface area contributed by atoms with Crippen LogP contribution in [0.15, 0.2) is 63.5 Å². The monoisotopic (exact) mass is 562 g/mol. The number of non-ortho nitro benzene ring substituents is 1. The first kappa shape index (κ1) is 27.3. The molecular formula is C29H30N4O6S. The first-order chi connectivity index (χ1) is 19.3. The number of allylic oxidation sites excluding steroid dienone is 1. The number of nitrogens with zero attached hydrogens (tertiary/aromatic N) is 4. The first-order valence-corrected chi connectivity index (χ1v) is 14.0. The average Bonchev–Trinajstić information content (AvgIpc) is 3.26. The maximum atomic E-state index is 14.1. The van der Waals surface area contributed by atoms with Crippen molar-refractivity contribution in [1.82, 2.24) is 4.57 Å². The zero-order chi connectivity index (χ0) is 28.4. The number of rotatable bonds is 7. The minimum Gasteiger partial charge on any atom is -0.496 e. The highest BCUT2D eigenvalue weighted by Crippen LogP contribution is 2.36.